The van der Waals surface area contributed by atoms with Crippen LogP contribution in [0.25, 0.3) is 6.08 Å². The van der Waals surface area contributed by atoms with Crippen molar-refractivity contribution in [2.45, 2.75) is 6.92 Å². The largest absolute Gasteiger partial charge is 0.495 e. The van der Waals surface area contributed by atoms with Gasteiger partial charge in [-0.05, 0) is 18.1 Å². The zero-order chi connectivity index (χ0) is 9.84. The van der Waals surface area contributed by atoms with Crippen molar-refractivity contribution in [2.24, 2.45) is 0 Å². The fraction of sp³-hybridized carbons (Fsp3) is 0.182. The standard InChI is InChI=1S/C11H11NO/c1-4-9-6-5-8(2)11(13-3)10(9)7-12/h4-6H,1H2,2-3H3. The molecule has 0 aromatic heterocycles. The number of nitriles is 1. The molecule has 0 spiro atoms. The maximum Gasteiger partial charge on any atom is 0.140 e. The summed E-state index contributed by atoms with van der Waals surface area (Å²) in [6, 6.07) is 5.89. The maximum atomic E-state index is 8.91. The Morgan fingerprint density at radius 2 is 2.23 bits per heavy atom. The summed E-state index contributed by atoms with van der Waals surface area (Å²) < 4.78 is 5.14. The van der Waals surface area contributed by atoms with E-state index in [0.29, 0.717) is 11.3 Å². The second-order valence-electron chi connectivity index (χ2n) is 2.70. The molecule has 0 aliphatic heterocycles. The Kier molecular flexibility index (Phi) is 2.71. The maximum absolute atomic E-state index is 8.91. The summed E-state index contributed by atoms with van der Waals surface area (Å²) in [6.07, 6.45) is 1.65. The van der Waals surface area contributed by atoms with Gasteiger partial charge in [0.15, 0.2) is 0 Å². The van der Waals surface area contributed by atoms with E-state index in [4.69, 9.17) is 10.00 Å². The Bertz CT molecular complexity index is 374. The zero-order valence-corrected chi connectivity index (χ0v) is 7.79. The van der Waals surface area contributed by atoms with Crippen LogP contribution in [-0.4, -0.2) is 7.11 Å². The van der Waals surface area contributed by atoms with Crippen molar-refractivity contribution in [3.8, 4) is 11.8 Å². The molecule has 0 aliphatic rings. The first-order valence-electron chi connectivity index (χ1n) is 3.94. The predicted molar refractivity (Wildman–Crippen MR) is 52.5 cm³/mol. The molecule has 66 valence electrons. The van der Waals surface area contributed by atoms with Gasteiger partial charge in [-0.25, -0.2) is 0 Å². The van der Waals surface area contributed by atoms with Gasteiger partial charge in [-0.3, -0.25) is 0 Å². The zero-order valence-electron chi connectivity index (χ0n) is 7.79. The first-order valence-corrected chi connectivity index (χ1v) is 3.94. The lowest BCUT2D eigenvalue weighted by Gasteiger charge is -2.08. The monoisotopic (exact) mass is 173 g/mol. The van der Waals surface area contributed by atoms with Gasteiger partial charge in [0.1, 0.15) is 17.4 Å². The summed E-state index contributed by atoms with van der Waals surface area (Å²) in [5.74, 6) is 0.639. The first-order chi connectivity index (χ1) is 6.24. The van der Waals surface area contributed by atoms with E-state index in [-0.39, 0.29) is 0 Å². The third kappa shape index (κ3) is 1.54. The van der Waals surface area contributed by atoms with E-state index in [1.54, 1.807) is 13.2 Å². The van der Waals surface area contributed by atoms with Crippen LogP contribution in [0, 0.1) is 18.3 Å². The molecule has 13 heavy (non-hydrogen) atoms. The lowest BCUT2D eigenvalue weighted by molar-refractivity contribution is 0.410. The van der Waals surface area contributed by atoms with Crippen molar-refractivity contribution < 1.29 is 4.74 Å². The van der Waals surface area contributed by atoms with Crippen molar-refractivity contribution >= 4 is 6.08 Å². The molecule has 2 nitrogen and oxygen atoms in total. The van der Waals surface area contributed by atoms with Crippen LogP contribution < -0.4 is 4.74 Å². The van der Waals surface area contributed by atoms with E-state index < -0.39 is 0 Å². The number of hydrogen-bond acceptors (Lipinski definition) is 2. The normalized spacial score (nSPS) is 9.00. The first kappa shape index (κ1) is 9.34. The van der Waals surface area contributed by atoms with Crippen molar-refractivity contribution in [3.05, 3.63) is 35.4 Å². The quantitative estimate of drug-likeness (QED) is 0.688. The molecule has 0 amide bonds. The third-order valence-electron chi connectivity index (χ3n) is 1.92. The van der Waals surface area contributed by atoms with Crippen LogP contribution in [0.5, 0.6) is 5.75 Å². The van der Waals surface area contributed by atoms with Crippen LogP contribution in [0.15, 0.2) is 18.7 Å². The van der Waals surface area contributed by atoms with Crippen molar-refractivity contribution in [3.63, 3.8) is 0 Å². The molecule has 0 atom stereocenters. The Hall–Kier alpha value is -1.75. The Morgan fingerprint density at radius 3 is 2.69 bits per heavy atom. The number of rotatable bonds is 2. The van der Waals surface area contributed by atoms with Gasteiger partial charge in [-0.15, -0.1) is 0 Å². The van der Waals surface area contributed by atoms with Crippen molar-refractivity contribution in [1.29, 1.82) is 5.26 Å². The average Bonchev–Trinajstić information content (AvgIpc) is 2.17. The molecule has 0 unspecified atom stereocenters. The van der Waals surface area contributed by atoms with Crippen molar-refractivity contribution in [1.82, 2.24) is 0 Å². The molecular formula is C11H11NO. The second-order valence-corrected chi connectivity index (χ2v) is 2.70. The molecule has 1 aromatic rings. The highest BCUT2D eigenvalue weighted by molar-refractivity contribution is 5.63. The lowest BCUT2D eigenvalue weighted by atomic mass is 10.0. The van der Waals surface area contributed by atoms with Gasteiger partial charge in [0, 0.05) is 0 Å². The van der Waals surface area contributed by atoms with E-state index in [0.717, 1.165) is 11.1 Å². The number of aryl methyl sites for hydroxylation is 1. The van der Waals surface area contributed by atoms with E-state index in [2.05, 4.69) is 12.6 Å². The molecule has 0 saturated heterocycles. The molecule has 0 bridgehead atoms. The van der Waals surface area contributed by atoms with E-state index in [1.165, 1.54) is 0 Å². The summed E-state index contributed by atoms with van der Waals surface area (Å²) in [5.41, 5.74) is 2.33. The average molecular weight is 173 g/mol. The Morgan fingerprint density at radius 1 is 1.54 bits per heavy atom. The predicted octanol–water partition coefficient (Wildman–Crippen LogP) is 2.52. The van der Waals surface area contributed by atoms with Gasteiger partial charge < -0.3 is 4.74 Å². The van der Waals surface area contributed by atoms with E-state index in [9.17, 15) is 0 Å². The molecule has 1 aromatic carbocycles. The number of nitrogens with zero attached hydrogens (tertiary/aromatic N) is 1. The number of ether oxygens (including phenoxy) is 1. The summed E-state index contributed by atoms with van der Waals surface area (Å²) in [4.78, 5) is 0. The fourth-order valence-electron chi connectivity index (χ4n) is 1.25. The molecule has 0 radical (unpaired) electrons. The molecule has 0 heterocycles. The highest BCUT2D eigenvalue weighted by Gasteiger charge is 2.08. The number of hydrogen-bond donors (Lipinski definition) is 0. The SMILES string of the molecule is C=Cc1ccc(C)c(OC)c1C#N. The summed E-state index contributed by atoms with van der Waals surface area (Å²) in [6.45, 7) is 5.55. The summed E-state index contributed by atoms with van der Waals surface area (Å²) in [7, 11) is 1.57. The Balaban J connectivity index is 3.47. The molecule has 1 rings (SSSR count). The van der Waals surface area contributed by atoms with Crippen LogP contribution in [0.1, 0.15) is 16.7 Å². The van der Waals surface area contributed by atoms with Crippen LogP contribution >= 0.6 is 0 Å². The highest BCUT2D eigenvalue weighted by Crippen LogP contribution is 2.26. The van der Waals surface area contributed by atoms with Gasteiger partial charge in [0.05, 0.1) is 7.11 Å². The van der Waals surface area contributed by atoms with E-state index >= 15 is 0 Å². The fourth-order valence-corrected chi connectivity index (χ4v) is 1.25. The summed E-state index contributed by atoms with van der Waals surface area (Å²) >= 11 is 0. The molecule has 2 heteroatoms. The van der Waals surface area contributed by atoms with Gasteiger partial charge in [0.25, 0.3) is 0 Å². The lowest BCUT2D eigenvalue weighted by Crippen LogP contribution is -1.93. The smallest absolute Gasteiger partial charge is 0.140 e. The van der Waals surface area contributed by atoms with Crippen LogP contribution in [0.4, 0.5) is 0 Å². The minimum Gasteiger partial charge on any atom is -0.495 e. The molecule has 0 saturated carbocycles. The van der Waals surface area contributed by atoms with Crippen molar-refractivity contribution in [2.75, 3.05) is 7.11 Å². The molecule has 0 aliphatic carbocycles. The summed E-state index contributed by atoms with van der Waals surface area (Å²) in [5, 5.41) is 8.91. The highest BCUT2D eigenvalue weighted by atomic mass is 16.5. The third-order valence-corrected chi connectivity index (χ3v) is 1.92. The topological polar surface area (TPSA) is 33.0 Å². The number of benzene rings is 1. The Labute approximate surface area is 78.1 Å². The van der Waals surface area contributed by atoms with E-state index in [1.807, 2.05) is 19.1 Å². The second kappa shape index (κ2) is 3.77. The minimum atomic E-state index is 0.553. The van der Waals surface area contributed by atoms with Gasteiger partial charge >= 0.3 is 0 Å². The minimum absolute atomic E-state index is 0.553. The van der Waals surface area contributed by atoms with Crippen LogP contribution in [0.3, 0.4) is 0 Å². The molecular weight excluding hydrogens is 162 g/mol. The van der Waals surface area contributed by atoms with Crippen LogP contribution in [0.2, 0.25) is 0 Å². The van der Waals surface area contributed by atoms with Gasteiger partial charge in [-0.1, -0.05) is 24.8 Å². The molecule has 0 fully saturated rings. The van der Waals surface area contributed by atoms with Gasteiger partial charge in [0.2, 0.25) is 0 Å². The van der Waals surface area contributed by atoms with Gasteiger partial charge in [-0.2, -0.15) is 5.26 Å². The molecule has 0 N–H and O–H groups in total. The number of methoxy groups -OCH3 is 1. The van der Waals surface area contributed by atoms with Crippen LogP contribution in [-0.2, 0) is 0 Å².